The molecule has 0 unspecified atom stereocenters. The number of ether oxygens (including phenoxy) is 1. The fourth-order valence-corrected chi connectivity index (χ4v) is 2.30. The van der Waals surface area contributed by atoms with Crippen molar-refractivity contribution in [2.45, 2.75) is 6.54 Å². The molecule has 0 bridgehead atoms. The van der Waals surface area contributed by atoms with Crippen molar-refractivity contribution in [2.24, 2.45) is 0 Å². The number of carbonyl (C=O) groups excluding carboxylic acids is 2. The Morgan fingerprint density at radius 3 is 2.70 bits per heavy atom. The number of hydrogen-bond acceptors (Lipinski definition) is 4. The number of nitrogens with one attached hydrogen (secondary N) is 1. The second kappa shape index (κ2) is 7.07. The first-order valence-corrected chi connectivity index (χ1v) is 7.13. The van der Waals surface area contributed by atoms with E-state index in [2.05, 4.69) is 5.32 Å². The number of rotatable bonds is 5. The first-order chi connectivity index (χ1) is 9.66. The standard InChI is InChI=1S/C14H12ClNO3S/c15-11-5-2-1-4-10(11)8-16-13(17)9-19-14(18)12-6-3-7-20-12/h1-7H,8-9H2,(H,16,17). The summed E-state index contributed by atoms with van der Waals surface area (Å²) in [6.07, 6.45) is 0. The van der Waals surface area contributed by atoms with Crippen LogP contribution in [0.2, 0.25) is 5.02 Å². The molecule has 2 aromatic rings. The van der Waals surface area contributed by atoms with Gasteiger partial charge >= 0.3 is 5.97 Å². The SMILES string of the molecule is O=C(COC(=O)c1cccs1)NCc1ccccc1Cl. The fraction of sp³-hybridized carbons (Fsp3) is 0.143. The van der Waals surface area contributed by atoms with Gasteiger partial charge in [0.2, 0.25) is 0 Å². The van der Waals surface area contributed by atoms with Gasteiger partial charge in [-0.25, -0.2) is 4.79 Å². The van der Waals surface area contributed by atoms with Gasteiger partial charge in [-0.05, 0) is 23.1 Å². The third-order valence-electron chi connectivity index (χ3n) is 2.49. The third kappa shape index (κ3) is 4.08. The Balaban J connectivity index is 1.76. The summed E-state index contributed by atoms with van der Waals surface area (Å²) in [6, 6.07) is 10.6. The second-order valence-corrected chi connectivity index (χ2v) is 5.28. The predicted molar refractivity (Wildman–Crippen MR) is 77.9 cm³/mol. The van der Waals surface area contributed by atoms with Gasteiger partial charge in [0.1, 0.15) is 4.88 Å². The predicted octanol–water partition coefficient (Wildman–Crippen LogP) is 2.87. The van der Waals surface area contributed by atoms with Crippen molar-refractivity contribution in [3.8, 4) is 0 Å². The van der Waals surface area contributed by atoms with Crippen molar-refractivity contribution in [1.29, 1.82) is 0 Å². The quantitative estimate of drug-likeness (QED) is 0.864. The van der Waals surface area contributed by atoms with Crippen molar-refractivity contribution < 1.29 is 14.3 Å². The highest BCUT2D eigenvalue weighted by atomic mass is 35.5. The highest BCUT2D eigenvalue weighted by molar-refractivity contribution is 7.11. The summed E-state index contributed by atoms with van der Waals surface area (Å²) in [4.78, 5) is 23.6. The van der Waals surface area contributed by atoms with Gasteiger partial charge in [0.15, 0.2) is 6.61 Å². The van der Waals surface area contributed by atoms with Crippen LogP contribution in [0.4, 0.5) is 0 Å². The molecule has 0 spiro atoms. The van der Waals surface area contributed by atoms with Crippen LogP contribution in [-0.4, -0.2) is 18.5 Å². The van der Waals surface area contributed by atoms with Crippen molar-refractivity contribution in [3.05, 3.63) is 57.2 Å². The zero-order valence-corrected chi connectivity index (χ0v) is 12.0. The van der Waals surface area contributed by atoms with Gasteiger partial charge in [-0.3, -0.25) is 4.79 Å². The van der Waals surface area contributed by atoms with E-state index >= 15 is 0 Å². The molecule has 0 saturated heterocycles. The molecule has 1 amide bonds. The van der Waals surface area contributed by atoms with E-state index in [0.717, 1.165) is 5.56 Å². The number of hydrogen-bond donors (Lipinski definition) is 1. The molecule has 0 radical (unpaired) electrons. The lowest BCUT2D eigenvalue weighted by molar-refractivity contribution is -0.124. The Bertz CT molecular complexity index is 598. The summed E-state index contributed by atoms with van der Waals surface area (Å²) in [5, 5.41) is 5.00. The molecule has 2 rings (SSSR count). The third-order valence-corrected chi connectivity index (χ3v) is 3.71. The molecule has 4 nitrogen and oxygen atoms in total. The zero-order chi connectivity index (χ0) is 14.4. The topological polar surface area (TPSA) is 55.4 Å². The van der Waals surface area contributed by atoms with Crippen molar-refractivity contribution in [3.63, 3.8) is 0 Å². The minimum atomic E-state index is -0.493. The van der Waals surface area contributed by atoms with E-state index in [4.69, 9.17) is 16.3 Å². The molecule has 20 heavy (non-hydrogen) atoms. The Morgan fingerprint density at radius 2 is 2.00 bits per heavy atom. The van der Waals surface area contributed by atoms with Gasteiger partial charge in [-0.1, -0.05) is 35.9 Å². The molecule has 1 aromatic heterocycles. The molecule has 1 aromatic carbocycles. The lowest BCUT2D eigenvalue weighted by Crippen LogP contribution is -2.28. The van der Waals surface area contributed by atoms with Gasteiger partial charge in [-0.15, -0.1) is 11.3 Å². The first-order valence-electron chi connectivity index (χ1n) is 5.87. The van der Waals surface area contributed by atoms with Crippen LogP contribution in [0.1, 0.15) is 15.2 Å². The Labute approximate surface area is 125 Å². The number of thiophene rings is 1. The molecule has 0 aliphatic carbocycles. The average molecular weight is 310 g/mol. The van der Waals surface area contributed by atoms with Crippen LogP contribution < -0.4 is 5.32 Å². The summed E-state index contributed by atoms with van der Waals surface area (Å²) >= 11 is 7.24. The van der Waals surface area contributed by atoms with Crippen LogP contribution >= 0.6 is 22.9 Å². The summed E-state index contributed by atoms with van der Waals surface area (Å²) in [5.41, 5.74) is 0.812. The minimum Gasteiger partial charge on any atom is -0.451 e. The summed E-state index contributed by atoms with van der Waals surface area (Å²) in [5.74, 6) is -0.859. The van der Waals surface area contributed by atoms with E-state index in [1.54, 1.807) is 23.6 Å². The van der Waals surface area contributed by atoms with Crippen LogP contribution in [0.3, 0.4) is 0 Å². The van der Waals surface area contributed by atoms with E-state index in [1.807, 2.05) is 18.2 Å². The highest BCUT2D eigenvalue weighted by Crippen LogP contribution is 2.14. The molecule has 0 aliphatic heterocycles. The van der Waals surface area contributed by atoms with Gasteiger partial charge in [-0.2, -0.15) is 0 Å². The van der Waals surface area contributed by atoms with Gasteiger partial charge in [0, 0.05) is 11.6 Å². The monoisotopic (exact) mass is 309 g/mol. The molecule has 0 fully saturated rings. The summed E-state index contributed by atoms with van der Waals surface area (Å²) in [6.45, 7) is -0.00373. The summed E-state index contributed by atoms with van der Waals surface area (Å²) < 4.78 is 4.89. The largest absolute Gasteiger partial charge is 0.451 e. The molecular weight excluding hydrogens is 298 g/mol. The van der Waals surface area contributed by atoms with Gasteiger partial charge < -0.3 is 10.1 Å². The molecule has 1 N–H and O–H groups in total. The first kappa shape index (κ1) is 14.6. The number of benzene rings is 1. The van der Waals surface area contributed by atoms with E-state index in [-0.39, 0.29) is 12.5 Å². The Kier molecular flexibility index (Phi) is 5.15. The maximum Gasteiger partial charge on any atom is 0.348 e. The van der Waals surface area contributed by atoms with Crippen LogP contribution in [0.25, 0.3) is 0 Å². The maximum atomic E-state index is 11.6. The van der Waals surface area contributed by atoms with E-state index in [1.165, 1.54) is 11.3 Å². The number of halogens is 1. The van der Waals surface area contributed by atoms with Crippen molar-refractivity contribution >= 4 is 34.8 Å². The van der Waals surface area contributed by atoms with Gasteiger partial charge in [0.25, 0.3) is 5.91 Å². The Morgan fingerprint density at radius 1 is 1.20 bits per heavy atom. The maximum absolute atomic E-state index is 11.6. The molecule has 0 atom stereocenters. The van der Waals surface area contributed by atoms with Crippen LogP contribution in [0.15, 0.2) is 41.8 Å². The number of carbonyl (C=O) groups is 2. The number of amides is 1. The molecule has 104 valence electrons. The van der Waals surface area contributed by atoms with Crippen LogP contribution in [0, 0.1) is 0 Å². The molecular formula is C14H12ClNO3S. The lowest BCUT2D eigenvalue weighted by Gasteiger charge is -2.07. The Hall–Kier alpha value is -1.85. The minimum absolute atomic E-state index is 0.301. The van der Waals surface area contributed by atoms with Crippen molar-refractivity contribution in [1.82, 2.24) is 5.32 Å². The zero-order valence-electron chi connectivity index (χ0n) is 10.5. The molecule has 0 saturated carbocycles. The normalized spacial score (nSPS) is 10.1. The number of esters is 1. The van der Waals surface area contributed by atoms with Crippen molar-refractivity contribution in [2.75, 3.05) is 6.61 Å². The van der Waals surface area contributed by atoms with E-state index in [9.17, 15) is 9.59 Å². The van der Waals surface area contributed by atoms with E-state index in [0.29, 0.717) is 16.4 Å². The van der Waals surface area contributed by atoms with Gasteiger partial charge in [0.05, 0.1) is 0 Å². The second-order valence-electron chi connectivity index (χ2n) is 3.92. The molecule has 1 heterocycles. The smallest absolute Gasteiger partial charge is 0.348 e. The average Bonchev–Trinajstić information content (AvgIpc) is 2.98. The van der Waals surface area contributed by atoms with E-state index < -0.39 is 5.97 Å². The summed E-state index contributed by atoms with van der Waals surface area (Å²) in [7, 11) is 0. The van der Waals surface area contributed by atoms with Crippen LogP contribution in [0.5, 0.6) is 0 Å². The van der Waals surface area contributed by atoms with Crippen LogP contribution in [-0.2, 0) is 16.1 Å². The highest BCUT2D eigenvalue weighted by Gasteiger charge is 2.10. The molecule has 0 aliphatic rings. The molecule has 6 heteroatoms. The fourth-order valence-electron chi connectivity index (χ4n) is 1.48. The lowest BCUT2D eigenvalue weighted by atomic mass is 10.2.